The number of rotatable bonds is 11. The Labute approximate surface area is 277 Å². The van der Waals surface area contributed by atoms with E-state index in [0.717, 1.165) is 0 Å². The lowest BCUT2D eigenvalue weighted by molar-refractivity contribution is -0.161. The Kier molecular flexibility index (Phi) is 9.29. The molecule has 1 aromatic heterocycles. The predicted molar refractivity (Wildman–Crippen MR) is 174 cm³/mol. The zero-order valence-corrected chi connectivity index (χ0v) is 26.7. The number of hydrogen-bond donors (Lipinski definition) is 7. The molecule has 2 aromatic carbocycles. The van der Waals surface area contributed by atoms with Crippen molar-refractivity contribution >= 4 is 53.5 Å². The molecule has 0 aliphatic carbocycles. The SMILES string of the molecule is CC(NC=O)C(=O)Nc1ccc(-c2ccc(C(=O)NC(C(=O)N[C@@H]3C(=O)N4[C@@H]3SC(C)(C)[C@@H]4C(=O)O)c3ccc(O)cc3)c(=O)[nH]2)cc1. The average molecular weight is 677 g/mol. The minimum atomic E-state index is -1.39. The van der Waals surface area contributed by atoms with Gasteiger partial charge in [0.1, 0.15) is 40.9 Å². The van der Waals surface area contributed by atoms with Gasteiger partial charge in [-0.3, -0.25) is 28.8 Å². The first-order valence-electron chi connectivity index (χ1n) is 14.7. The monoisotopic (exact) mass is 676 g/mol. The summed E-state index contributed by atoms with van der Waals surface area (Å²) in [5.74, 6) is -3.91. The van der Waals surface area contributed by atoms with Crippen molar-refractivity contribution in [2.24, 2.45) is 0 Å². The zero-order valence-electron chi connectivity index (χ0n) is 25.8. The number of aromatic amines is 1. The summed E-state index contributed by atoms with van der Waals surface area (Å²) < 4.78 is -0.810. The molecular weight excluding hydrogens is 644 g/mol. The van der Waals surface area contributed by atoms with Gasteiger partial charge in [-0.05, 0) is 68.3 Å². The zero-order chi connectivity index (χ0) is 34.9. The Hall–Kier alpha value is -5.64. The van der Waals surface area contributed by atoms with Crippen LogP contribution in [0, 0.1) is 0 Å². The molecule has 2 saturated heterocycles. The lowest BCUT2D eigenvalue weighted by Crippen LogP contribution is -2.71. The van der Waals surface area contributed by atoms with Crippen molar-refractivity contribution in [1.82, 2.24) is 25.8 Å². The van der Waals surface area contributed by atoms with Gasteiger partial charge >= 0.3 is 5.97 Å². The van der Waals surface area contributed by atoms with Crippen molar-refractivity contribution in [3.63, 3.8) is 0 Å². The molecule has 5 atom stereocenters. The second-order valence-electron chi connectivity index (χ2n) is 11.8. The molecule has 48 heavy (non-hydrogen) atoms. The standard InChI is InChI=1S/C32H32N6O9S/c1-15(33-14-39)25(41)34-18-8-4-16(5-9-18)21-13-12-20(26(42)35-21)27(43)36-22(17-6-10-19(40)11-7-17)28(44)37-23-29(45)38-24(31(46)47)32(2,3)48-30(23)38/h4-15,22-24,30,40H,1-3H3,(H,33,39)(H,34,41)(H,35,42)(H,36,43)(H,37,44)(H,46,47)/t15?,22?,23-,24+,30-/m1/s1. The number of nitrogens with one attached hydrogen (secondary N) is 5. The fourth-order valence-electron chi connectivity index (χ4n) is 5.54. The number of phenolic OH excluding ortho intramolecular Hbond substituents is 1. The minimum absolute atomic E-state index is 0.0924. The first-order chi connectivity index (χ1) is 22.7. The van der Waals surface area contributed by atoms with E-state index in [1.165, 1.54) is 60.0 Å². The van der Waals surface area contributed by atoms with Gasteiger partial charge in [0.25, 0.3) is 11.5 Å². The van der Waals surface area contributed by atoms with Gasteiger partial charge in [0.05, 0.1) is 0 Å². The number of aliphatic carboxylic acids is 1. The number of anilines is 1. The van der Waals surface area contributed by atoms with Crippen LogP contribution in [0.1, 0.15) is 42.7 Å². The molecule has 0 radical (unpaired) electrons. The Balaban J connectivity index is 1.31. The van der Waals surface area contributed by atoms with Crippen molar-refractivity contribution < 1.29 is 39.0 Å². The largest absolute Gasteiger partial charge is 0.508 e. The third kappa shape index (κ3) is 6.60. The number of aromatic nitrogens is 1. The summed E-state index contributed by atoms with van der Waals surface area (Å²) in [6.07, 6.45) is 0.425. The van der Waals surface area contributed by atoms with E-state index in [1.807, 2.05) is 0 Å². The molecule has 3 heterocycles. The van der Waals surface area contributed by atoms with Crippen molar-refractivity contribution in [3.05, 3.63) is 82.1 Å². The molecule has 15 nitrogen and oxygen atoms in total. The number of carbonyl (C=O) groups is 6. The number of carboxylic acids is 1. The van der Waals surface area contributed by atoms with Crippen LogP contribution in [0.15, 0.2) is 65.5 Å². The topological polar surface area (TPSA) is 227 Å². The van der Waals surface area contributed by atoms with E-state index in [9.17, 15) is 43.8 Å². The molecule has 250 valence electrons. The van der Waals surface area contributed by atoms with E-state index < -0.39 is 69.4 Å². The molecule has 2 aliphatic rings. The lowest BCUT2D eigenvalue weighted by Gasteiger charge is -2.44. The number of carbonyl (C=O) groups excluding carboxylic acids is 5. The van der Waals surface area contributed by atoms with Gasteiger partial charge in [-0.1, -0.05) is 24.3 Å². The van der Waals surface area contributed by atoms with Crippen molar-refractivity contribution in [2.45, 2.75) is 55.1 Å². The molecule has 0 bridgehead atoms. The number of benzene rings is 2. The Morgan fingerprint density at radius 3 is 2.25 bits per heavy atom. The number of H-pyrrole nitrogens is 1. The van der Waals surface area contributed by atoms with Crippen LogP contribution in [-0.2, 0) is 24.0 Å². The highest BCUT2D eigenvalue weighted by atomic mass is 32.2. The highest BCUT2D eigenvalue weighted by Gasteiger charge is 2.64. The molecule has 2 fully saturated rings. The summed E-state index contributed by atoms with van der Waals surface area (Å²) in [5.41, 5.74) is 0.571. The number of fused-ring (bicyclic) bond motifs is 1. The normalized spacial score (nSPS) is 20.4. The van der Waals surface area contributed by atoms with Crippen LogP contribution in [0.2, 0.25) is 0 Å². The number of thioether (sulfide) groups is 1. The number of phenols is 1. The van der Waals surface area contributed by atoms with Crippen LogP contribution in [0.25, 0.3) is 11.3 Å². The summed E-state index contributed by atoms with van der Waals surface area (Å²) in [6, 6.07) is 10.4. The maximum atomic E-state index is 13.6. The fourth-order valence-corrected chi connectivity index (χ4v) is 7.17. The maximum absolute atomic E-state index is 13.6. The third-order valence-electron chi connectivity index (χ3n) is 8.07. The van der Waals surface area contributed by atoms with Gasteiger partial charge in [0.2, 0.25) is 24.1 Å². The molecule has 2 unspecified atom stereocenters. The van der Waals surface area contributed by atoms with Gasteiger partial charge in [0, 0.05) is 16.1 Å². The van der Waals surface area contributed by atoms with Crippen molar-refractivity contribution in [2.75, 3.05) is 5.32 Å². The number of aromatic hydroxyl groups is 1. The van der Waals surface area contributed by atoms with Crippen LogP contribution in [0.5, 0.6) is 5.75 Å². The predicted octanol–water partition coefficient (Wildman–Crippen LogP) is 0.923. The summed E-state index contributed by atoms with van der Waals surface area (Å²) in [5, 5.41) is 29.0. The van der Waals surface area contributed by atoms with E-state index in [0.29, 0.717) is 23.4 Å². The van der Waals surface area contributed by atoms with Crippen LogP contribution < -0.4 is 26.8 Å². The van der Waals surface area contributed by atoms with Crippen LogP contribution in [0.3, 0.4) is 0 Å². The summed E-state index contributed by atoms with van der Waals surface area (Å²) in [4.78, 5) is 91.4. The first-order valence-corrected chi connectivity index (χ1v) is 15.6. The van der Waals surface area contributed by atoms with Gasteiger partial charge in [-0.2, -0.15) is 0 Å². The summed E-state index contributed by atoms with van der Waals surface area (Å²) in [6.45, 7) is 4.93. The summed E-state index contributed by atoms with van der Waals surface area (Å²) >= 11 is 1.25. The number of pyridine rings is 1. The fraction of sp³-hybridized carbons (Fsp3) is 0.281. The van der Waals surface area contributed by atoms with Crippen LogP contribution >= 0.6 is 11.8 Å². The van der Waals surface area contributed by atoms with E-state index in [2.05, 4.69) is 26.3 Å². The van der Waals surface area contributed by atoms with Gasteiger partial charge in [-0.15, -0.1) is 11.8 Å². The second-order valence-corrected chi connectivity index (χ2v) is 13.5. The van der Waals surface area contributed by atoms with E-state index in [4.69, 9.17) is 0 Å². The Morgan fingerprint density at radius 1 is 0.979 bits per heavy atom. The first kappa shape index (κ1) is 33.7. The molecule has 0 saturated carbocycles. The molecule has 16 heteroatoms. The van der Waals surface area contributed by atoms with E-state index in [-0.39, 0.29) is 16.9 Å². The molecule has 0 spiro atoms. The van der Waals surface area contributed by atoms with Gasteiger partial charge < -0.3 is 41.4 Å². The highest BCUT2D eigenvalue weighted by Crippen LogP contribution is 2.50. The number of amides is 5. The lowest BCUT2D eigenvalue weighted by atomic mass is 9.95. The van der Waals surface area contributed by atoms with Gasteiger partial charge in [0.15, 0.2) is 0 Å². The number of carboxylic acid groups (broad SMARTS) is 1. The molecular formula is C32H32N6O9S. The second kappa shape index (κ2) is 13.2. The molecule has 2 aliphatic heterocycles. The molecule has 3 aromatic rings. The number of hydrogen-bond acceptors (Lipinski definition) is 9. The molecule has 5 amide bonds. The Bertz CT molecular complexity index is 1840. The third-order valence-corrected chi connectivity index (χ3v) is 9.64. The van der Waals surface area contributed by atoms with E-state index in [1.54, 1.807) is 38.1 Å². The van der Waals surface area contributed by atoms with Crippen LogP contribution in [0.4, 0.5) is 5.69 Å². The summed E-state index contributed by atoms with van der Waals surface area (Å²) in [7, 11) is 0. The highest BCUT2D eigenvalue weighted by molar-refractivity contribution is 8.01. The quantitative estimate of drug-likeness (QED) is 0.112. The molecule has 5 rings (SSSR count). The Morgan fingerprint density at radius 2 is 1.65 bits per heavy atom. The van der Waals surface area contributed by atoms with Crippen molar-refractivity contribution in [1.29, 1.82) is 0 Å². The average Bonchev–Trinajstić information content (AvgIpc) is 3.30. The maximum Gasteiger partial charge on any atom is 0.327 e. The number of β-lactam (4-membered cyclic amide) rings is 1. The number of nitrogens with zero attached hydrogens (tertiary/aromatic N) is 1. The van der Waals surface area contributed by atoms with Gasteiger partial charge in [-0.25, -0.2) is 4.79 Å². The smallest absolute Gasteiger partial charge is 0.327 e. The van der Waals surface area contributed by atoms with Crippen LogP contribution in [-0.4, -0.2) is 84.4 Å². The minimum Gasteiger partial charge on any atom is -0.508 e. The van der Waals surface area contributed by atoms with Crippen molar-refractivity contribution in [3.8, 4) is 17.0 Å². The molecule has 7 N–H and O–H groups in total. The van der Waals surface area contributed by atoms with E-state index >= 15 is 0 Å².